The van der Waals surface area contributed by atoms with Gasteiger partial charge in [0.2, 0.25) is 0 Å². The standard InChI is InChI=1S/C14H19F2NO2/c1-3-4-7-17(9-10(2)14(18)19)13-8-11(15)5-6-12(13)16/h5-6,8,10H,3-4,7,9H2,1-2H3,(H,18,19). The lowest BCUT2D eigenvalue weighted by Gasteiger charge is -2.27. The third kappa shape index (κ3) is 4.50. The highest BCUT2D eigenvalue weighted by molar-refractivity contribution is 5.70. The van der Waals surface area contributed by atoms with Gasteiger partial charge in [0.05, 0.1) is 11.6 Å². The lowest BCUT2D eigenvalue weighted by molar-refractivity contribution is -0.140. The molecule has 0 heterocycles. The van der Waals surface area contributed by atoms with Crippen LogP contribution in [0, 0.1) is 17.6 Å². The molecule has 0 saturated carbocycles. The number of aliphatic carboxylic acids is 1. The van der Waals surface area contributed by atoms with E-state index < -0.39 is 23.5 Å². The number of hydrogen-bond donors (Lipinski definition) is 1. The third-order valence-electron chi connectivity index (χ3n) is 2.95. The molecule has 0 spiro atoms. The molecule has 1 aromatic carbocycles. The monoisotopic (exact) mass is 271 g/mol. The molecule has 0 fully saturated rings. The zero-order chi connectivity index (χ0) is 14.4. The molecule has 0 aliphatic rings. The Morgan fingerprint density at radius 1 is 1.42 bits per heavy atom. The van der Waals surface area contributed by atoms with Gasteiger partial charge in [-0.2, -0.15) is 0 Å². The van der Waals surface area contributed by atoms with E-state index in [0.717, 1.165) is 31.0 Å². The maximum absolute atomic E-state index is 13.7. The highest BCUT2D eigenvalue weighted by Crippen LogP contribution is 2.22. The van der Waals surface area contributed by atoms with Gasteiger partial charge in [0.1, 0.15) is 11.6 Å². The van der Waals surface area contributed by atoms with Gasteiger partial charge >= 0.3 is 5.97 Å². The molecule has 19 heavy (non-hydrogen) atoms. The molecule has 0 bridgehead atoms. The van der Waals surface area contributed by atoms with E-state index in [1.54, 1.807) is 11.8 Å². The molecule has 0 radical (unpaired) electrons. The predicted molar refractivity (Wildman–Crippen MR) is 70.3 cm³/mol. The van der Waals surface area contributed by atoms with Gasteiger partial charge < -0.3 is 10.0 Å². The second-order valence-electron chi connectivity index (χ2n) is 4.63. The number of rotatable bonds is 7. The molecule has 3 nitrogen and oxygen atoms in total. The first-order valence-electron chi connectivity index (χ1n) is 6.38. The van der Waals surface area contributed by atoms with Gasteiger partial charge in [-0.1, -0.05) is 20.3 Å². The average Bonchev–Trinajstić information content (AvgIpc) is 2.37. The summed E-state index contributed by atoms with van der Waals surface area (Å²) in [6.07, 6.45) is 1.69. The highest BCUT2D eigenvalue weighted by Gasteiger charge is 2.19. The van der Waals surface area contributed by atoms with Gasteiger partial charge in [-0.25, -0.2) is 8.78 Å². The Kier molecular flexibility index (Phi) is 5.73. The molecule has 0 amide bonds. The second-order valence-corrected chi connectivity index (χ2v) is 4.63. The largest absolute Gasteiger partial charge is 0.481 e. The predicted octanol–water partition coefficient (Wildman–Crippen LogP) is 3.29. The van der Waals surface area contributed by atoms with E-state index in [1.165, 1.54) is 0 Å². The Hall–Kier alpha value is -1.65. The van der Waals surface area contributed by atoms with E-state index in [0.29, 0.717) is 6.54 Å². The number of benzene rings is 1. The number of carboxylic acids is 1. The van der Waals surface area contributed by atoms with Crippen LogP contribution in [0.4, 0.5) is 14.5 Å². The van der Waals surface area contributed by atoms with Gasteiger partial charge in [0.15, 0.2) is 0 Å². The molecular weight excluding hydrogens is 252 g/mol. The molecule has 0 aliphatic heterocycles. The van der Waals surface area contributed by atoms with Crippen LogP contribution >= 0.6 is 0 Å². The van der Waals surface area contributed by atoms with Crippen molar-refractivity contribution in [2.45, 2.75) is 26.7 Å². The van der Waals surface area contributed by atoms with Crippen LogP contribution in [-0.4, -0.2) is 24.2 Å². The van der Waals surface area contributed by atoms with E-state index in [4.69, 9.17) is 5.11 Å². The van der Waals surface area contributed by atoms with Crippen LogP contribution in [0.25, 0.3) is 0 Å². The van der Waals surface area contributed by atoms with Crippen LogP contribution < -0.4 is 4.90 Å². The molecule has 0 aromatic heterocycles. The zero-order valence-corrected chi connectivity index (χ0v) is 11.2. The summed E-state index contributed by atoms with van der Waals surface area (Å²) in [6.45, 7) is 4.21. The summed E-state index contributed by atoms with van der Waals surface area (Å²) in [5, 5.41) is 8.93. The van der Waals surface area contributed by atoms with E-state index >= 15 is 0 Å². The number of unbranched alkanes of at least 4 members (excludes halogenated alkanes) is 1. The molecule has 1 rings (SSSR count). The van der Waals surface area contributed by atoms with Gasteiger partial charge in [-0.3, -0.25) is 4.79 Å². The fraction of sp³-hybridized carbons (Fsp3) is 0.500. The van der Waals surface area contributed by atoms with Gasteiger partial charge in [-0.05, 0) is 18.6 Å². The maximum Gasteiger partial charge on any atom is 0.308 e. The van der Waals surface area contributed by atoms with Crippen LogP contribution in [0.15, 0.2) is 18.2 Å². The quantitative estimate of drug-likeness (QED) is 0.827. The smallest absolute Gasteiger partial charge is 0.308 e. The Morgan fingerprint density at radius 2 is 2.11 bits per heavy atom. The maximum atomic E-state index is 13.7. The lowest BCUT2D eigenvalue weighted by atomic mass is 10.1. The Bertz CT molecular complexity index is 437. The van der Waals surface area contributed by atoms with Crippen molar-refractivity contribution in [2.24, 2.45) is 5.92 Å². The normalized spacial score (nSPS) is 12.2. The summed E-state index contributed by atoms with van der Waals surface area (Å²) in [4.78, 5) is 12.5. The van der Waals surface area contributed by atoms with E-state index in [2.05, 4.69) is 0 Å². The van der Waals surface area contributed by atoms with Crippen LogP contribution in [0.3, 0.4) is 0 Å². The molecule has 0 saturated heterocycles. The molecular formula is C14H19F2NO2. The summed E-state index contributed by atoms with van der Waals surface area (Å²) in [6, 6.07) is 3.23. The summed E-state index contributed by atoms with van der Waals surface area (Å²) in [5.41, 5.74) is 0.126. The van der Waals surface area contributed by atoms with E-state index in [1.807, 2.05) is 6.92 Å². The van der Waals surface area contributed by atoms with E-state index in [9.17, 15) is 13.6 Å². The number of carbonyl (C=O) groups is 1. The Morgan fingerprint density at radius 3 is 2.68 bits per heavy atom. The summed E-state index contributed by atoms with van der Waals surface area (Å²) < 4.78 is 27.0. The van der Waals surface area contributed by atoms with Gasteiger partial charge in [0, 0.05) is 19.2 Å². The molecule has 106 valence electrons. The minimum absolute atomic E-state index is 0.126. The molecule has 1 aromatic rings. The van der Waals surface area contributed by atoms with Gasteiger partial charge in [0.25, 0.3) is 0 Å². The van der Waals surface area contributed by atoms with Crippen molar-refractivity contribution in [3.63, 3.8) is 0 Å². The minimum atomic E-state index is -0.946. The topological polar surface area (TPSA) is 40.5 Å². The van der Waals surface area contributed by atoms with Crippen molar-refractivity contribution < 1.29 is 18.7 Å². The highest BCUT2D eigenvalue weighted by atomic mass is 19.1. The first kappa shape index (κ1) is 15.4. The molecule has 5 heteroatoms. The van der Waals surface area contributed by atoms with Gasteiger partial charge in [-0.15, -0.1) is 0 Å². The SMILES string of the molecule is CCCCN(CC(C)C(=O)O)c1cc(F)ccc1F. The van der Waals surface area contributed by atoms with Crippen molar-refractivity contribution >= 4 is 11.7 Å². The van der Waals surface area contributed by atoms with Crippen molar-refractivity contribution in [3.05, 3.63) is 29.8 Å². The Balaban J connectivity index is 2.94. The fourth-order valence-corrected chi connectivity index (χ4v) is 1.80. The summed E-state index contributed by atoms with van der Waals surface area (Å²) in [5.74, 6) is -2.64. The van der Waals surface area contributed by atoms with Crippen LogP contribution in [0.1, 0.15) is 26.7 Å². The number of carboxylic acid groups (broad SMARTS) is 1. The molecule has 1 N–H and O–H groups in total. The average molecular weight is 271 g/mol. The molecule has 0 aliphatic carbocycles. The minimum Gasteiger partial charge on any atom is -0.481 e. The van der Waals surface area contributed by atoms with Crippen LogP contribution in [0.5, 0.6) is 0 Å². The van der Waals surface area contributed by atoms with Crippen LogP contribution in [-0.2, 0) is 4.79 Å². The van der Waals surface area contributed by atoms with E-state index in [-0.39, 0.29) is 12.2 Å². The number of halogens is 2. The summed E-state index contributed by atoms with van der Waals surface area (Å²) >= 11 is 0. The fourth-order valence-electron chi connectivity index (χ4n) is 1.80. The summed E-state index contributed by atoms with van der Waals surface area (Å²) in [7, 11) is 0. The second kappa shape index (κ2) is 7.07. The van der Waals surface area contributed by atoms with Crippen LogP contribution in [0.2, 0.25) is 0 Å². The number of hydrogen-bond acceptors (Lipinski definition) is 2. The molecule has 1 unspecified atom stereocenters. The Labute approximate surface area is 111 Å². The lowest BCUT2D eigenvalue weighted by Crippen LogP contribution is -2.33. The first-order valence-corrected chi connectivity index (χ1v) is 6.38. The first-order chi connectivity index (χ1) is 8.95. The van der Waals surface area contributed by atoms with Crippen molar-refractivity contribution in [1.29, 1.82) is 0 Å². The molecule has 1 atom stereocenters. The number of nitrogens with zero attached hydrogens (tertiary/aromatic N) is 1. The van der Waals surface area contributed by atoms with Crippen molar-refractivity contribution in [2.75, 3.05) is 18.0 Å². The third-order valence-corrected chi connectivity index (χ3v) is 2.95. The van der Waals surface area contributed by atoms with Crippen molar-refractivity contribution in [1.82, 2.24) is 0 Å². The van der Waals surface area contributed by atoms with Crippen molar-refractivity contribution in [3.8, 4) is 0 Å². The zero-order valence-electron chi connectivity index (χ0n) is 11.2. The number of anilines is 1.